The quantitative estimate of drug-likeness (QED) is 0.906. The molecule has 104 valence electrons. The first kappa shape index (κ1) is 12.8. The molecule has 0 bridgehead atoms. The van der Waals surface area contributed by atoms with E-state index >= 15 is 0 Å². The molecule has 1 N–H and O–H groups in total. The van der Waals surface area contributed by atoms with Crippen molar-refractivity contribution in [3.63, 3.8) is 0 Å². The van der Waals surface area contributed by atoms with E-state index in [0.717, 1.165) is 51.4 Å². The molecule has 1 aromatic carbocycles. The zero-order valence-electron chi connectivity index (χ0n) is 11.7. The summed E-state index contributed by atoms with van der Waals surface area (Å²) in [6.07, 6.45) is 4.51. The second-order valence-electron chi connectivity index (χ2n) is 6.02. The molecule has 2 aliphatic heterocycles. The van der Waals surface area contributed by atoms with Crippen LogP contribution in [0.5, 0.6) is 5.75 Å². The summed E-state index contributed by atoms with van der Waals surface area (Å²) in [5.74, 6) is 1.07. The first-order valence-corrected chi connectivity index (χ1v) is 7.33. The van der Waals surface area contributed by atoms with E-state index in [1.54, 1.807) is 0 Å². The summed E-state index contributed by atoms with van der Waals surface area (Å²) >= 11 is 0. The summed E-state index contributed by atoms with van der Waals surface area (Å²) in [4.78, 5) is 0. The van der Waals surface area contributed by atoms with E-state index in [0.29, 0.717) is 0 Å². The molecule has 1 fully saturated rings. The Bertz CT molecular complexity index is 438. The molecule has 2 heterocycles. The van der Waals surface area contributed by atoms with Crippen molar-refractivity contribution >= 4 is 5.69 Å². The fraction of sp³-hybridized carbons (Fsp3) is 0.625. The predicted octanol–water partition coefficient (Wildman–Crippen LogP) is 3.24. The second-order valence-corrected chi connectivity index (χ2v) is 6.02. The number of hydrogen-bond acceptors (Lipinski definition) is 3. The van der Waals surface area contributed by atoms with Crippen LogP contribution in [0.4, 0.5) is 5.69 Å². The molecule has 3 nitrogen and oxygen atoms in total. The summed E-state index contributed by atoms with van der Waals surface area (Å²) in [6, 6.07) is 6.34. The lowest BCUT2D eigenvalue weighted by atomic mass is 9.83. The molecule has 0 spiro atoms. The average molecular weight is 261 g/mol. The van der Waals surface area contributed by atoms with Crippen molar-refractivity contribution < 1.29 is 9.47 Å². The zero-order valence-corrected chi connectivity index (χ0v) is 11.7. The monoisotopic (exact) mass is 261 g/mol. The standard InChI is InChI=1S/C16H23NO2/c1-16(7-10-18-11-8-16)12-19-15-6-2-5-14-13(15)4-3-9-17-14/h2,5-6,17H,3-4,7-12H2,1H3. The van der Waals surface area contributed by atoms with Crippen LogP contribution in [0.1, 0.15) is 31.7 Å². The van der Waals surface area contributed by atoms with Crippen LogP contribution in [-0.2, 0) is 11.2 Å². The summed E-state index contributed by atoms with van der Waals surface area (Å²) < 4.78 is 11.6. The van der Waals surface area contributed by atoms with Crippen LogP contribution >= 0.6 is 0 Å². The minimum atomic E-state index is 0.267. The van der Waals surface area contributed by atoms with Gasteiger partial charge in [0, 0.05) is 36.4 Å². The largest absolute Gasteiger partial charge is 0.493 e. The van der Waals surface area contributed by atoms with E-state index in [4.69, 9.17) is 9.47 Å². The van der Waals surface area contributed by atoms with Crippen LogP contribution in [0.25, 0.3) is 0 Å². The molecular formula is C16H23NO2. The van der Waals surface area contributed by atoms with Crippen LogP contribution in [0.2, 0.25) is 0 Å². The molecular weight excluding hydrogens is 238 g/mol. The van der Waals surface area contributed by atoms with Crippen LogP contribution in [0, 0.1) is 5.41 Å². The fourth-order valence-electron chi connectivity index (χ4n) is 2.87. The molecule has 3 heteroatoms. The van der Waals surface area contributed by atoms with Crippen molar-refractivity contribution in [3.05, 3.63) is 23.8 Å². The first-order chi connectivity index (χ1) is 9.27. The topological polar surface area (TPSA) is 30.5 Å². The van der Waals surface area contributed by atoms with Crippen molar-refractivity contribution in [1.82, 2.24) is 0 Å². The van der Waals surface area contributed by atoms with Crippen LogP contribution in [0.3, 0.4) is 0 Å². The van der Waals surface area contributed by atoms with Gasteiger partial charge in [-0.25, -0.2) is 0 Å². The van der Waals surface area contributed by atoms with Crippen molar-refractivity contribution in [2.45, 2.75) is 32.6 Å². The molecule has 0 radical (unpaired) electrons. The normalized spacial score (nSPS) is 21.3. The number of anilines is 1. The van der Waals surface area contributed by atoms with Gasteiger partial charge < -0.3 is 14.8 Å². The Morgan fingerprint density at radius 1 is 1.32 bits per heavy atom. The maximum atomic E-state index is 6.15. The van der Waals surface area contributed by atoms with Gasteiger partial charge >= 0.3 is 0 Å². The Labute approximate surface area is 115 Å². The van der Waals surface area contributed by atoms with Crippen LogP contribution in [-0.4, -0.2) is 26.4 Å². The smallest absolute Gasteiger partial charge is 0.124 e. The summed E-state index contributed by atoms with van der Waals surface area (Å²) in [6.45, 7) is 5.92. The molecule has 0 unspecified atom stereocenters. The van der Waals surface area contributed by atoms with E-state index in [1.807, 2.05) is 0 Å². The highest BCUT2D eigenvalue weighted by Gasteiger charge is 2.28. The van der Waals surface area contributed by atoms with Gasteiger partial charge in [-0.1, -0.05) is 13.0 Å². The van der Waals surface area contributed by atoms with Crippen molar-refractivity contribution in [3.8, 4) is 5.75 Å². The molecule has 19 heavy (non-hydrogen) atoms. The molecule has 2 aliphatic rings. The summed E-state index contributed by atoms with van der Waals surface area (Å²) in [5, 5.41) is 3.45. The number of nitrogens with one attached hydrogen (secondary N) is 1. The highest BCUT2D eigenvalue weighted by molar-refractivity contribution is 5.59. The average Bonchev–Trinajstić information content (AvgIpc) is 2.46. The van der Waals surface area contributed by atoms with E-state index in [-0.39, 0.29) is 5.41 Å². The minimum Gasteiger partial charge on any atom is -0.493 e. The van der Waals surface area contributed by atoms with Crippen LogP contribution in [0.15, 0.2) is 18.2 Å². The Kier molecular flexibility index (Phi) is 3.65. The molecule has 3 rings (SSSR count). The lowest BCUT2D eigenvalue weighted by Gasteiger charge is -2.33. The van der Waals surface area contributed by atoms with Gasteiger partial charge in [0.15, 0.2) is 0 Å². The third kappa shape index (κ3) is 2.86. The first-order valence-electron chi connectivity index (χ1n) is 7.33. The summed E-state index contributed by atoms with van der Waals surface area (Å²) in [7, 11) is 0. The number of hydrogen-bond donors (Lipinski definition) is 1. The van der Waals surface area contributed by atoms with Gasteiger partial charge in [-0.3, -0.25) is 0 Å². The number of benzene rings is 1. The Hall–Kier alpha value is -1.22. The molecule has 0 saturated carbocycles. The fourth-order valence-corrected chi connectivity index (χ4v) is 2.87. The van der Waals surface area contributed by atoms with Gasteiger partial charge in [0.1, 0.15) is 5.75 Å². The number of fused-ring (bicyclic) bond motifs is 1. The highest BCUT2D eigenvalue weighted by atomic mass is 16.5. The highest BCUT2D eigenvalue weighted by Crippen LogP contribution is 2.34. The van der Waals surface area contributed by atoms with Crippen molar-refractivity contribution in [1.29, 1.82) is 0 Å². The van der Waals surface area contributed by atoms with Gasteiger partial charge in [0.25, 0.3) is 0 Å². The third-order valence-electron chi connectivity index (χ3n) is 4.33. The lowest BCUT2D eigenvalue weighted by Crippen LogP contribution is -2.32. The van der Waals surface area contributed by atoms with Gasteiger partial charge in [-0.2, -0.15) is 0 Å². The van der Waals surface area contributed by atoms with Gasteiger partial charge in [0.2, 0.25) is 0 Å². The molecule has 0 atom stereocenters. The third-order valence-corrected chi connectivity index (χ3v) is 4.33. The van der Waals surface area contributed by atoms with E-state index in [2.05, 4.69) is 30.4 Å². The van der Waals surface area contributed by atoms with Crippen LogP contribution < -0.4 is 10.1 Å². The van der Waals surface area contributed by atoms with Crippen molar-refractivity contribution in [2.75, 3.05) is 31.7 Å². The van der Waals surface area contributed by atoms with Gasteiger partial charge in [-0.05, 0) is 37.8 Å². The number of rotatable bonds is 3. The van der Waals surface area contributed by atoms with E-state index < -0.39 is 0 Å². The van der Waals surface area contributed by atoms with E-state index in [1.165, 1.54) is 17.7 Å². The maximum Gasteiger partial charge on any atom is 0.124 e. The SMILES string of the molecule is CC1(COc2cccc3c2CCCN3)CCOCC1. The number of ether oxygens (including phenoxy) is 2. The molecule has 0 aliphatic carbocycles. The van der Waals surface area contributed by atoms with E-state index in [9.17, 15) is 0 Å². The molecule has 1 saturated heterocycles. The van der Waals surface area contributed by atoms with Gasteiger partial charge in [0.05, 0.1) is 6.61 Å². The minimum absolute atomic E-state index is 0.267. The Balaban J connectivity index is 1.69. The zero-order chi connectivity index (χ0) is 13.1. The Morgan fingerprint density at radius 3 is 3.00 bits per heavy atom. The second kappa shape index (κ2) is 5.41. The molecule has 1 aromatic rings. The predicted molar refractivity (Wildman–Crippen MR) is 76.9 cm³/mol. The maximum absolute atomic E-state index is 6.15. The Morgan fingerprint density at radius 2 is 2.16 bits per heavy atom. The summed E-state index contributed by atoms with van der Waals surface area (Å²) in [5.41, 5.74) is 2.87. The van der Waals surface area contributed by atoms with Crippen molar-refractivity contribution in [2.24, 2.45) is 5.41 Å². The van der Waals surface area contributed by atoms with Gasteiger partial charge in [-0.15, -0.1) is 0 Å². The molecule has 0 amide bonds. The lowest BCUT2D eigenvalue weighted by molar-refractivity contribution is 0.000151. The molecule has 0 aromatic heterocycles.